The largest absolute Gasteiger partial charge is 0.465 e. The number of rotatable bonds is 5. The summed E-state index contributed by atoms with van der Waals surface area (Å²) >= 11 is 6.13. The highest BCUT2D eigenvalue weighted by molar-refractivity contribution is 7.89. The van der Waals surface area contributed by atoms with Gasteiger partial charge < -0.3 is 14.9 Å². The van der Waals surface area contributed by atoms with Crippen LogP contribution in [0, 0.1) is 5.92 Å². The second-order valence-electron chi connectivity index (χ2n) is 11.2. The summed E-state index contributed by atoms with van der Waals surface area (Å²) < 4.78 is 59.6. The minimum Gasteiger partial charge on any atom is -0.465 e. The number of carbonyl (C=O) groups is 1. The van der Waals surface area contributed by atoms with E-state index in [1.54, 1.807) is 30.3 Å². The first-order valence-corrected chi connectivity index (χ1v) is 17.3. The maximum atomic E-state index is 13.9. The van der Waals surface area contributed by atoms with Gasteiger partial charge >= 0.3 is 6.09 Å². The SMILES string of the molecule is C[C@H]1CN(S(=O)(=O)c2ccc(N(C)C)cc2)CCCN(C(=O)O)CCCN(S(=O)(=O)N2CCc3cc(Cl)ccc3C2)C1. The van der Waals surface area contributed by atoms with Gasteiger partial charge in [-0.15, -0.1) is 0 Å². The van der Waals surface area contributed by atoms with Crippen LogP contribution < -0.4 is 4.90 Å². The molecule has 2 aliphatic rings. The van der Waals surface area contributed by atoms with Crippen molar-refractivity contribution < 1.29 is 26.7 Å². The van der Waals surface area contributed by atoms with Gasteiger partial charge in [-0.3, -0.25) is 0 Å². The monoisotopic (exact) mass is 641 g/mol. The van der Waals surface area contributed by atoms with Crippen molar-refractivity contribution in [2.24, 2.45) is 5.92 Å². The van der Waals surface area contributed by atoms with Crippen LogP contribution in [0.1, 0.15) is 30.9 Å². The zero-order valence-electron chi connectivity index (χ0n) is 24.3. The summed E-state index contributed by atoms with van der Waals surface area (Å²) in [6.45, 7) is 3.09. The van der Waals surface area contributed by atoms with Gasteiger partial charge in [0.2, 0.25) is 10.0 Å². The third-order valence-electron chi connectivity index (χ3n) is 7.76. The number of hydrogen-bond donors (Lipinski definition) is 1. The molecule has 0 aromatic heterocycles. The summed E-state index contributed by atoms with van der Waals surface area (Å²) in [5.74, 6) is -0.318. The molecule has 14 heteroatoms. The standard InChI is InChI=1S/C28H40ClN5O6S2/c1-22-19-32(41(37,38)27-10-8-26(9-11-27)30(2)3)15-4-13-31(28(35)36)14-5-16-33(20-22)42(39,40)34-17-12-23-18-25(29)7-6-24(23)21-34/h6-11,18,22H,4-5,12-17,19-21H2,1-3H3,(H,35,36)/t22-/m0/s1. The molecule has 2 aliphatic heterocycles. The van der Waals surface area contributed by atoms with Crippen LogP contribution in [0.2, 0.25) is 5.02 Å². The Kier molecular flexibility index (Phi) is 10.4. The lowest BCUT2D eigenvalue weighted by atomic mass is 10.0. The predicted molar refractivity (Wildman–Crippen MR) is 164 cm³/mol. The van der Waals surface area contributed by atoms with E-state index >= 15 is 0 Å². The molecule has 0 bridgehead atoms. The van der Waals surface area contributed by atoms with E-state index in [2.05, 4.69) is 0 Å². The van der Waals surface area contributed by atoms with Gasteiger partial charge in [-0.2, -0.15) is 21.3 Å². The van der Waals surface area contributed by atoms with Crippen molar-refractivity contribution in [2.45, 2.75) is 37.6 Å². The molecule has 1 fully saturated rings. The lowest BCUT2D eigenvalue weighted by Gasteiger charge is -2.36. The Morgan fingerprint density at radius 2 is 1.48 bits per heavy atom. The number of nitrogens with zero attached hydrogens (tertiary/aromatic N) is 5. The fourth-order valence-corrected chi connectivity index (χ4v) is 9.01. The highest BCUT2D eigenvalue weighted by atomic mass is 35.5. The van der Waals surface area contributed by atoms with Gasteiger partial charge in [0.05, 0.1) is 4.90 Å². The maximum absolute atomic E-state index is 13.9. The zero-order chi connectivity index (χ0) is 30.7. The van der Waals surface area contributed by atoms with Crippen molar-refractivity contribution in [2.75, 3.05) is 64.8 Å². The number of benzene rings is 2. The average molecular weight is 642 g/mol. The van der Waals surface area contributed by atoms with E-state index in [4.69, 9.17) is 11.6 Å². The molecule has 1 saturated heterocycles. The Labute approximate surface area is 254 Å². The lowest BCUT2D eigenvalue weighted by molar-refractivity contribution is 0.140. The molecule has 0 aliphatic carbocycles. The van der Waals surface area contributed by atoms with Crippen molar-refractivity contribution >= 4 is 43.6 Å². The first-order valence-electron chi connectivity index (χ1n) is 14.1. The van der Waals surface area contributed by atoms with E-state index in [0.717, 1.165) is 16.8 Å². The van der Waals surface area contributed by atoms with Crippen molar-refractivity contribution in [1.29, 1.82) is 0 Å². The molecule has 11 nitrogen and oxygen atoms in total. The van der Waals surface area contributed by atoms with Gasteiger partial charge in [-0.05, 0) is 72.7 Å². The molecule has 2 heterocycles. The predicted octanol–water partition coefficient (Wildman–Crippen LogP) is 3.41. The number of sulfonamides is 1. The first-order chi connectivity index (χ1) is 19.8. The molecule has 2 aromatic carbocycles. The molecule has 1 atom stereocenters. The summed E-state index contributed by atoms with van der Waals surface area (Å²) in [7, 11) is -4.10. The van der Waals surface area contributed by atoms with Gasteiger partial charge in [0.25, 0.3) is 10.2 Å². The molecule has 4 rings (SSSR count). The van der Waals surface area contributed by atoms with Crippen LogP contribution in [0.3, 0.4) is 0 Å². The van der Waals surface area contributed by atoms with Gasteiger partial charge in [0, 0.05) is 77.2 Å². The second kappa shape index (κ2) is 13.5. The molecule has 2 aromatic rings. The van der Waals surface area contributed by atoms with Crippen LogP contribution in [-0.4, -0.2) is 106 Å². The van der Waals surface area contributed by atoms with Crippen LogP contribution in [-0.2, 0) is 33.2 Å². The number of anilines is 1. The number of amides is 1. The van der Waals surface area contributed by atoms with Crippen LogP contribution in [0.15, 0.2) is 47.4 Å². The van der Waals surface area contributed by atoms with Crippen molar-refractivity contribution in [3.63, 3.8) is 0 Å². The molecule has 232 valence electrons. The molecule has 0 spiro atoms. The molecule has 0 unspecified atom stereocenters. The minimum absolute atomic E-state index is 0.0954. The summed E-state index contributed by atoms with van der Waals surface area (Å²) in [6, 6.07) is 12.0. The first kappa shape index (κ1) is 32.5. The highest BCUT2D eigenvalue weighted by Crippen LogP contribution is 2.27. The summed E-state index contributed by atoms with van der Waals surface area (Å²) in [4.78, 5) is 15.2. The Bertz CT molecular complexity index is 1470. The van der Waals surface area contributed by atoms with Crippen LogP contribution >= 0.6 is 11.6 Å². The fourth-order valence-electron chi connectivity index (χ4n) is 5.46. The topological polar surface area (TPSA) is 122 Å². The molecule has 0 radical (unpaired) electrons. The smallest absolute Gasteiger partial charge is 0.407 e. The molecule has 1 amide bonds. The molecule has 42 heavy (non-hydrogen) atoms. The summed E-state index contributed by atoms with van der Waals surface area (Å²) in [6.07, 6.45) is 0.0743. The van der Waals surface area contributed by atoms with Crippen molar-refractivity contribution in [1.82, 2.24) is 17.8 Å². The second-order valence-corrected chi connectivity index (χ2v) is 15.5. The molecular formula is C28H40ClN5O6S2. The third-order valence-corrected chi connectivity index (χ3v) is 11.8. The van der Waals surface area contributed by atoms with Gasteiger partial charge in [0.1, 0.15) is 0 Å². The van der Waals surface area contributed by atoms with E-state index in [-0.39, 0.29) is 56.6 Å². The van der Waals surface area contributed by atoms with Crippen LogP contribution in [0.5, 0.6) is 0 Å². The Morgan fingerprint density at radius 1 is 0.857 bits per heavy atom. The van der Waals surface area contributed by atoms with E-state index in [0.29, 0.717) is 30.8 Å². The maximum Gasteiger partial charge on any atom is 0.407 e. The molecular weight excluding hydrogens is 602 g/mol. The third kappa shape index (κ3) is 7.56. The Balaban J connectivity index is 1.59. The number of hydrogen-bond acceptors (Lipinski definition) is 6. The van der Waals surface area contributed by atoms with Gasteiger partial charge in [0.15, 0.2) is 0 Å². The Morgan fingerprint density at radius 3 is 2.10 bits per heavy atom. The van der Waals surface area contributed by atoms with E-state index < -0.39 is 26.3 Å². The average Bonchev–Trinajstić information content (AvgIpc) is 2.93. The van der Waals surface area contributed by atoms with E-state index in [9.17, 15) is 26.7 Å². The Hall–Kier alpha value is -2.42. The minimum atomic E-state index is -3.92. The molecule has 1 N–H and O–H groups in total. The normalized spacial score (nSPS) is 20.8. The van der Waals surface area contributed by atoms with Crippen molar-refractivity contribution in [3.05, 3.63) is 58.6 Å². The zero-order valence-corrected chi connectivity index (χ0v) is 26.7. The summed E-state index contributed by atoms with van der Waals surface area (Å²) in [5, 5.41) is 10.4. The van der Waals surface area contributed by atoms with E-state index in [1.807, 2.05) is 38.1 Å². The van der Waals surface area contributed by atoms with Crippen LogP contribution in [0.4, 0.5) is 10.5 Å². The van der Waals surface area contributed by atoms with Crippen molar-refractivity contribution in [3.8, 4) is 0 Å². The fraction of sp³-hybridized carbons (Fsp3) is 0.536. The summed E-state index contributed by atoms with van der Waals surface area (Å²) in [5.41, 5.74) is 2.77. The number of carboxylic acid groups (broad SMARTS) is 1. The van der Waals surface area contributed by atoms with Crippen LogP contribution in [0.25, 0.3) is 0 Å². The van der Waals surface area contributed by atoms with E-state index in [1.165, 1.54) is 17.8 Å². The number of halogens is 1. The van der Waals surface area contributed by atoms with Gasteiger partial charge in [-0.1, -0.05) is 24.6 Å². The number of fused-ring (bicyclic) bond motifs is 1. The molecule has 0 saturated carbocycles. The quantitative estimate of drug-likeness (QED) is 0.531. The van der Waals surface area contributed by atoms with Gasteiger partial charge in [-0.25, -0.2) is 13.2 Å². The highest BCUT2D eigenvalue weighted by Gasteiger charge is 2.35. The lowest BCUT2D eigenvalue weighted by Crippen LogP contribution is -2.49.